The Morgan fingerprint density at radius 1 is 0.585 bits per heavy atom. The lowest BCUT2D eigenvalue weighted by molar-refractivity contribution is 0.666. The first-order chi connectivity index (χ1) is 26.1. The molecule has 0 unspecified atom stereocenters. The van der Waals surface area contributed by atoms with Crippen LogP contribution in [0.25, 0.3) is 44.3 Å². The molecule has 270 valence electrons. The maximum Gasteiger partial charge on any atom is 0.0540 e. The molecule has 0 atom stereocenters. The minimum Gasteiger partial charge on any atom is -0.313 e. The predicted octanol–water partition coefficient (Wildman–Crippen LogP) is 15.4. The number of anilines is 2. The summed E-state index contributed by atoms with van der Waals surface area (Å²) in [4.78, 5) is 2.66. The van der Waals surface area contributed by atoms with Crippen molar-refractivity contribution in [1.82, 2.24) is 0 Å². The van der Waals surface area contributed by atoms with Crippen molar-refractivity contribution in [3.05, 3.63) is 154 Å². The van der Waals surface area contributed by atoms with Gasteiger partial charge in [-0.05, 0) is 129 Å². The van der Waals surface area contributed by atoms with E-state index in [9.17, 15) is 0 Å². The normalized spacial score (nSPS) is 16.5. The van der Waals surface area contributed by atoms with Crippen molar-refractivity contribution in [2.24, 2.45) is 0 Å². The van der Waals surface area contributed by atoms with Crippen LogP contribution in [-0.4, -0.2) is 0 Å². The van der Waals surface area contributed by atoms with Crippen molar-refractivity contribution in [2.75, 3.05) is 4.90 Å². The molecular weight excluding hydrogens is 639 g/mol. The van der Waals surface area contributed by atoms with Gasteiger partial charge in [-0.2, -0.15) is 0 Å². The molecule has 0 saturated heterocycles. The van der Waals surface area contributed by atoms with E-state index in [2.05, 4.69) is 134 Å². The van der Waals surface area contributed by atoms with E-state index in [1.807, 2.05) is 41.5 Å². The van der Waals surface area contributed by atoms with Crippen LogP contribution in [0.4, 0.5) is 11.4 Å². The Kier molecular flexibility index (Phi) is 10.5. The summed E-state index contributed by atoms with van der Waals surface area (Å²) in [5.41, 5.74) is 18.8. The summed E-state index contributed by atoms with van der Waals surface area (Å²) in [7, 11) is 0. The van der Waals surface area contributed by atoms with Crippen LogP contribution in [0.5, 0.6) is 0 Å². The van der Waals surface area contributed by atoms with Gasteiger partial charge in [0, 0.05) is 22.2 Å². The van der Waals surface area contributed by atoms with Crippen molar-refractivity contribution in [2.45, 2.75) is 106 Å². The molecule has 0 fully saturated rings. The van der Waals surface area contributed by atoms with Gasteiger partial charge in [-0.25, -0.2) is 0 Å². The largest absolute Gasteiger partial charge is 0.313 e. The molecule has 0 saturated carbocycles. The highest BCUT2D eigenvalue weighted by Crippen LogP contribution is 2.59. The molecule has 5 aliphatic carbocycles. The average molecular weight is 696 g/mol. The second-order valence-electron chi connectivity index (χ2n) is 14.5. The molecule has 53 heavy (non-hydrogen) atoms. The fourth-order valence-corrected chi connectivity index (χ4v) is 9.59. The van der Waals surface area contributed by atoms with Gasteiger partial charge in [0.15, 0.2) is 0 Å². The van der Waals surface area contributed by atoms with Crippen LogP contribution in [0.15, 0.2) is 121 Å². The molecule has 0 aliphatic heterocycles. The highest BCUT2D eigenvalue weighted by atomic mass is 15.2. The van der Waals surface area contributed by atoms with Gasteiger partial charge in [-0.3, -0.25) is 0 Å². The van der Waals surface area contributed by atoms with Crippen LogP contribution < -0.4 is 4.90 Å². The number of nitrogens with zero attached hydrogens (tertiary/aromatic N) is 1. The Labute approximate surface area is 319 Å². The SMILES string of the molecule is CC.CC.CC.CC1(C)c2cc(N(C3=CC=CCC3)c3cccc4c3CC3=C4C=CCC3)c3ccccc3c2-c2c3c(c4ccccc4c21)C=CCC3. The standard InChI is InChI=1S/C46H39N.3C2H6/c1-46(2)40-28-42(47(30-16-4-3-5-17-30)41-26-14-25-32-31-18-7-6-15-29(31)27-39(32)41)35-21-10-12-23-37(35)43(40)44-36-22-11-8-19-33(36)34-20-9-13-24-38(34)45(44)46;3*1-2/h3-4,7-10,12-14,16,18-21,23-26,28H,5-6,11,15,17,22,27H2,1-2H3;3*1-2H3. The number of rotatable bonds is 3. The van der Waals surface area contributed by atoms with E-state index in [4.69, 9.17) is 0 Å². The Balaban J connectivity index is 0.000000693. The van der Waals surface area contributed by atoms with Gasteiger partial charge in [0.1, 0.15) is 0 Å². The number of allylic oxidation sites excluding steroid dienone is 9. The Hall–Kier alpha value is -4.88. The fraction of sp³-hybridized carbons (Fsp3) is 0.308. The number of hydrogen-bond acceptors (Lipinski definition) is 1. The minimum absolute atomic E-state index is 0.143. The van der Waals surface area contributed by atoms with Crippen molar-refractivity contribution < 1.29 is 0 Å². The summed E-state index contributed by atoms with van der Waals surface area (Å²) >= 11 is 0. The summed E-state index contributed by atoms with van der Waals surface area (Å²) in [6.07, 6.45) is 24.1. The molecule has 0 amide bonds. The maximum absolute atomic E-state index is 2.66. The third-order valence-electron chi connectivity index (χ3n) is 11.7. The van der Waals surface area contributed by atoms with E-state index < -0.39 is 0 Å². The summed E-state index contributed by atoms with van der Waals surface area (Å²) in [5, 5.41) is 5.52. The smallest absolute Gasteiger partial charge is 0.0540 e. The summed E-state index contributed by atoms with van der Waals surface area (Å²) < 4.78 is 0. The number of hydrogen-bond donors (Lipinski definition) is 0. The molecule has 5 aromatic carbocycles. The van der Waals surface area contributed by atoms with Crippen LogP contribution in [0.1, 0.15) is 121 Å². The van der Waals surface area contributed by atoms with Gasteiger partial charge < -0.3 is 4.90 Å². The molecule has 0 N–H and O–H groups in total. The van der Waals surface area contributed by atoms with E-state index >= 15 is 0 Å². The minimum atomic E-state index is -0.143. The van der Waals surface area contributed by atoms with Gasteiger partial charge in [0.05, 0.1) is 5.69 Å². The number of fused-ring (bicyclic) bond motifs is 12. The molecule has 1 heteroatoms. The molecule has 0 spiro atoms. The lowest BCUT2D eigenvalue weighted by atomic mass is 9.77. The topological polar surface area (TPSA) is 3.24 Å². The van der Waals surface area contributed by atoms with E-state index in [0.29, 0.717) is 0 Å². The Bertz CT molecular complexity index is 2350. The molecule has 5 aromatic rings. The fourth-order valence-electron chi connectivity index (χ4n) is 9.59. The first-order valence-corrected chi connectivity index (χ1v) is 20.6. The van der Waals surface area contributed by atoms with Crippen molar-refractivity contribution in [1.29, 1.82) is 0 Å². The van der Waals surface area contributed by atoms with Gasteiger partial charge in [-0.15, -0.1) is 0 Å². The Morgan fingerprint density at radius 3 is 2.02 bits per heavy atom. The average Bonchev–Trinajstić information content (AvgIpc) is 3.73. The second-order valence-corrected chi connectivity index (χ2v) is 14.5. The van der Waals surface area contributed by atoms with Crippen LogP contribution in [-0.2, 0) is 18.3 Å². The van der Waals surface area contributed by atoms with E-state index in [0.717, 1.165) is 38.5 Å². The van der Waals surface area contributed by atoms with Crippen molar-refractivity contribution in [3.8, 4) is 11.1 Å². The molecule has 0 aromatic heterocycles. The first kappa shape index (κ1) is 36.5. The molecule has 0 heterocycles. The van der Waals surface area contributed by atoms with Crippen LogP contribution in [0.3, 0.4) is 0 Å². The highest BCUT2D eigenvalue weighted by molar-refractivity contribution is 6.14. The van der Waals surface area contributed by atoms with Crippen molar-refractivity contribution in [3.63, 3.8) is 0 Å². The molecule has 0 radical (unpaired) electrons. The van der Waals surface area contributed by atoms with Crippen LogP contribution in [0.2, 0.25) is 0 Å². The van der Waals surface area contributed by atoms with Gasteiger partial charge >= 0.3 is 0 Å². The van der Waals surface area contributed by atoms with E-state index in [1.54, 1.807) is 5.57 Å². The summed E-state index contributed by atoms with van der Waals surface area (Å²) in [5.74, 6) is 0. The Morgan fingerprint density at radius 2 is 1.26 bits per heavy atom. The maximum atomic E-state index is 2.66. The molecule has 10 rings (SSSR count). The first-order valence-electron chi connectivity index (χ1n) is 20.6. The van der Waals surface area contributed by atoms with Crippen molar-refractivity contribution >= 4 is 44.6 Å². The van der Waals surface area contributed by atoms with Gasteiger partial charge in [0.2, 0.25) is 0 Å². The third kappa shape index (κ3) is 5.75. The number of benzene rings is 5. The zero-order valence-corrected chi connectivity index (χ0v) is 33.4. The quantitative estimate of drug-likeness (QED) is 0.182. The van der Waals surface area contributed by atoms with Crippen LogP contribution in [0, 0.1) is 0 Å². The second kappa shape index (κ2) is 15.2. The summed E-state index contributed by atoms with van der Waals surface area (Å²) in [6.45, 7) is 17.0. The van der Waals surface area contributed by atoms with E-state index in [1.165, 1.54) is 95.1 Å². The summed E-state index contributed by atoms with van der Waals surface area (Å²) in [6, 6.07) is 28.1. The van der Waals surface area contributed by atoms with Gasteiger partial charge in [0.25, 0.3) is 0 Å². The molecule has 1 nitrogen and oxygen atoms in total. The highest BCUT2D eigenvalue weighted by Gasteiger charge is 2.42. The third-order valence-corrected chi connectivity index (χ3v) is 11.7. The van der Waals surface area contributed by atoms with E-state index in [-0.39, 0.29) is 5.41 Å². The molecule has 0 bridgehead atoms. The molecular formula is C52H57N. The lowest BCUT2D eigenvalue weighted by Crippen LogP contribution is -2.21. The predicted molar refractivity (Wildman–Crippen MR) is 234 cm³/mol. The zero-order valence-electron chi connectivity index (χ0n) is 33.4. The lowest BCUT2D eigenvalue weighted by Gasteiger charge is -2.33. The van der Waals surface area contributed by atoms with Crippen LogP contribution >= 0.6 is 0 Å². The van der Waals surface area contributed by atoms with Gasteiger partial charge in [-0.1, -0.05) is 158 Å². The monoisotopic (exact) mass is 695 g/mol. The molecule has 5 aliphatic rings. The zero-order chi connectivity index (χ0) is 37.3.